The number of nitrogens with two attached hydrogens (primary N) is 1. The molecule has 0 aliphatic heterocycles. The Morgan fingerprint density at radius 1 is 1.28 bits per heavy atom. The lowest BCUT2D eigenvalue weighted by molar-refractivity contribution is 0.301. The van der Waals surface area contributed by atoms with Gasteiger partial charge < -0.3 is 10.5 Å². The molecule has 1 unspecified atom stereocenters. The molecule has 0 radical (unpaired) electrons. The molecule has 1 aromatic rings. The van der Waals surface area contributed by atoms with Crippen LogP contribution in [0.2, 0.25) is 0 Å². The van der Waals surface area contributed by atoms with Gasteiger partial charge >= 0.3 is 0 Å². The van der Waals surface area contributed by atoms with Crippen LogP contribution < -0.4 is 10.5 Å². The normalized spacial score (nSPS) is 12.4. The minimum atomic E-state index is 0.154. The van der Waals surface area contributed by atoms with Gasteiger partial charge in [0.2, 0.25) is 0 Å². The zero-order valence-electron chi connectivity index (χ0n) is 11.4. The van der Waals surface area contributed by atoms with Crippen molar-refractivity contribution < 1.29 is 4.74 Å². The molecule has 0 aliphatic rings. The van der Waals surface area contributed by atoms with Gasteiger partial charge in [0.05, 0.1) is 6.61 Å². The molecule has 0 saturated heterocycles. The maximum atomic E-state index is 5.87. The van der Waals surface area contributed by atoms with Gasteiger partial charge in [-0.2, -0.15) is 0 Å². The van der Waals surface area contributed by atoms with Gasteiger partial charge in [0.1, 0.15) is 5.75 Å². The Morgan fingerprint density at radius 3 is 2.72 bits per heavy atom. The molecule has 0 heterocycles. The van der Waals surface area contributed by atoms with Crippen molar-refractivity contribution >= 4 is 15.9 Å². The predicted molar refractivity (Wildman–Crippen MR) is 81.1 cm³/mol. The van der Waals surface area contributed by atoms with E-state index in [9.17, 15) is 0 Å². The summed E-state index contributed by atoms with van der Waals surface area (Å²) in [6.45, 7) is 5.04. The summed E-state index contributed by atoms with van der Waals surface area (Å²) in [5, 5.41) is 0. The first-order chi connectivity index (χ1) is 8.63. The molecular formula is C15H24BrNO. The monoisotopic (exact) mass is 313 g/mol. The molecule has 0 fully saturated rings. The molecule has 1 atom stereocenters. The Morgan fingerprint density at radius 2 is 2.06 bits per heavy atom. The number of hydrogen-bond acceptors (Lipinski definition) is 2. The van der Waals surface area contributed by atoms with Gasteiger partial charge in [0.15, 0.2) is 0 Å². The van der Waals surface area contributed by atoms with Crippen molar-refractivity contribution in [2.24, 2.45) is 5.73 Å². The van der Waals surface area contributed by atoms with E-state index >= 15 is 0 Å². The number of hydrogen-bond donors (Lipinski definition) is 1. The molecule has 0 amide bonds. The molecule has 0 aromatic heterocycles. The molecule has 2 N–H and O–H groups in total. The topological polar surface area (TPSA) is 35.2 Å². The third kappa shape index (κ3) is 5.87. The number of ether oxygens (including phenoxy) is 1. The maximum Gasteiger partial charge on any atom is 0.122 e. The highest BCUT2D eigenvalue weighted by Gasteiger charge is 2.07. The highest BCUT2D eigenvalue weighted by molar-refractivity contribution is 9.10. The van der Waals surface area contributed by atoms with E-state index in [0.29, 0.717) is 0 Å². The van der Waals surface area contributed by atoms with E-state index in [1.165, 1.54) is 24.8 Å². The zero-order valence-corrected chi connectivity index (χ0v) is 13.0. The fourth-order valence-electron chi connectivity index (χ4n) is 1.91. The van der Waals surface area contributed by atoms with Crippen molar-refractivity contribution in [1.82, 2.24) is 0 Å². The third-order valence-electron chi connectivity index (χ3n) is 2.82. The van der Waals surface area contributed by atoms with Crippen LogP contribution in [0.5, 0.6) is 5.75 Å². The van der Waals surface area contributed by atoms with Crippen molar-refractivity contribution in [3.63, 3.8) is 0 Å². The fraction of sp³-hybridized carbons (Fsp3) is 0.600. The molecule has 1 rings (SSSR count). The standard InChI is InChI=1S/C15H24BrNO/c1-3-4-5-6-9-18-15-8-7-14(16)11-13(15)10-12(2)17/h7-8,11-12H,3-6,9-10,17H2,1-2H3. The summed E-state index contributed by atoms with van der Waals surface area (Å²) in [6.07, 6.45) is 5.77. The van der Waals surface area contributed by atoms with Gasteiger partial charge in [-0.1, -0.05) is 42.1 Å². The Balaban J connectivity index is 2.52. The van der Waals surface area contributed by atoms with Crippen LogP contribution in [0.4, 0.5) is 0 Å². The van der Waals surface area contributed by atoms with Gasteiger partial charge in [-0.25, -0.2) is 0 Å². The van der Waals surface area contributed by atoms with Crippen LogP contribution in [0.3, 0.4) is 0 Å². The van der Waals surface area contributed by atoms with Crippen molar-refractivity contribution in [3.05, 3.63) is 28.2 Å². The van der Waals surface area contributed by atoms with Crippen LogP contribution in [-0.4, -0.2) is 12.6 Å². The summed E-state index contributed by atoms with van der Waals surface area (Å²) in [4.78, 5) is 0. The third-order valence-corrected chi connectivity index (χ3v) is 3.31. The second kappa shape index (κ2) is 8.54. The lowest BCUT2D eigenvalue weighted by atomic mass is 10.1. The van der Waals surface area contributed by atoms with Gasteiger partial charge in [0.25, 0.3) is 0 Å². The first kappa shape index (κ1) is 15.5. The van der Waals surface area contributed by atoms with Crippen LogP contribution in [0.1, 0.15) is 45.1 Å². The second-order valence-corrected chi connectivity index (χ2v) is 5.76. The van der Waals surface area contributed by atoms with Gasteiger partial charge in [-0.15, -0.1) is 0 Å². The Labute approximate surface area is 119 Å². The molecule has 0 spiro atoms. The summed E-state index contributed by atoms with van der Waals surface area (Å²) in [5.41, 5.74) is 7.06. The average Bonchev–Trinajstić information content (AvgIpc) is 2.30. The zero-order chi connectivity index (χ0) is 13.4. The Hall–Kier alpha value is -0.540. The summed E-state index contributed by atoms with van der Waals surface area (Å²) in [6, 6.07) is 6.31. The molecule has 0 saturated carbocycles. The second-order valence-electron chi connectivity index (χ2n) is 4.84. The molecule has 0 bridgehead atoms. The molecule has 2 nitrogen and oxygen atoms in total. The smallest absolute Gasteiger partial charge is 0.122 e. The van der Waals surface area contributed by atoms with E-state index in [1.54, 1.807) is 0 Å². The van der Waals surface area contributed by atoms with Crippen LogP contribution in [-0.2, 0) is 6.42 Å². The summed E-state index contributed by atoms with van der Waals surface area (Å²) >= 11 is 3.49. The minimum absolute atomic E-state index is 0.154. The van der Waals surface area contributed by atoms with Gasteiger partial charge in [-0.3, -0.25) is 0 Å². The largest absolute Gasteiger partial charge is 0.493 e. The number of halogens is 1. The van der Waals surface area contributed by atoms with Crippen LogP contribution in [0.25, 0.3) is 0 Å². The van der Waals surface area contributed by atoms with Crippen LogP contribution in [0, 0.1) is 0 Å². The van der Waals surface area contributed by atoms with Crippen LogP contribution in [0.15, 0.2) is 22.7 Å². The fourth-order valence-corrected chi connectivity index (χ4v) is 2.31. The van der Waals surface area contributed by atoms with Crippen molar-refractivity contribution in [2.75, 3.05) is 6.61 Å². The van der Waals surface area contributed by atoms with Gasteiger partial charge in [-0.05, 0) is 43.5 Å². The van der Waals surface area contributed by atoms with Crippen molar-refractivity contribution in [2.45, 2.75) is 52.0 Å². The molecular weight excluding hydrogens is 290 g/mol. The van der Waals surface area contributed by atoms with E-state index < -0.39 is 0 Å². The van der Waals surface area contributed by atoms with E-state index in [2.05, 4.69) is 28.9 Å². The average molecular weight is 314 g/mol. The Kier molecular flexibility index (Phi) is 7.36. The highest BCUT2D eigenvalue weighted by atomic mass is 79.9. The predicted octanol–water partition coefficient (Wildman–Crippen LogP) is 4.30. The Bertz CT molecular complexity index is 352. The first-order valence-electron chi connectivity index (χ1n) is 6.80. The number of benzene rings is 1. The van der Waals surface area contributed by atoms with E-state index in [1.807, 2.05) is 19.1 Å². The molecule has 3 heteroatoms. The molecule has 1 aromatic carbocycles. The summed E-state index contributed by atoms with van der Waals surface area (Å²) in [7, 11) is 0. The lowest BCUT2D eigenvalue weighted by Crippen LogP contribution is -2.18. The minimum Gasteiger partial charge on any atom is -0.493 e. The summed E-state index contributed by atoms with van der Waals surface area (Å²) in [5.74, 6) is 0.979. The molecule has 0 aliphatic carbocycles. The van der Waals surface area contributed by atoms with Gasteiger partial charge in [0, 0.05) is 10.5 Å². The van der Waals surface area contributed by atoms with E-state index in [4.69, 9.17) is 10.5 Å². The number of unbranched alkanes of at least 4 members (excludes halogenated alkanes) is 3. The van der Waals surface area contributed by atoms with Crippen molar-refractivity contribution in [1.29, 1.82) is 0 Å². The maximum absolute atomic E-state index is 5.87. The lowest BCUT2D eigenvalue weighted by Gasteiger charge is -2.13. The van der Waals surface area contributed by atoms with Crippen molar-refractivity contribution in [3.8, 4) is 5.75 Å². The quantitative estimate of drug-likeness (QED) is 0.726. The highest BCUT2D eigenvalue weighted by Crippen LogP contribution is 2.24. The molecule has 18 heavy (non-hydrogen) atoms. The SMILES string of the molecule is CCCCCCOc1ccc(Br)cc1CC(C)N. The first-order valence-corrected chi connectivity index (χ1v) is 7.59. The van der Waals surface area contributed by atoms with E-state index in [0.717, 1.165) is 29.7 Å². The van der Waals surface area contributed by atoms with E-state index in [-0.39, 0.29) is 6.04 Å². The number of rotatable bonds is 8. The summed E-state index contributed by atoms with van der Waals surface area (Å²) < 4.78 is 6.94. The van der Waals surface area contributed by atoms with Crippen LogP contribution >= 0.6 is 15.9 Å². The molecule has 102 valence electrons.